The average Bonchev–Trinajstić information content (AvgIpc) is 2.64. The molecular weight excluding hydrogens is 371 g/mol. The van der Waals surface area contributed by atoms with Crippen molar-refractivity contribution in [2.24, 2.45) is 5.14 Å². The highest BCUT2D eigenvalue weighted by molar-refractivity contribution is 7.89. The van der Waals surface area contributed by atoms with Crippen molar-refractivity contribution in [1.82, 2.24) is 10.3 Å². The molecule has 0 spiro atoms. The highest BCUT2D eigenvalue weighted by atomic mass is 32.2. The standard InChI is InChI=1S/C18H17FN4O3S/c19-14-5-6-15(20)16-13(14)8-10-22-17(16)18(24)23-9-7-11-1-3-12(4-2-11)27(21,25)26/h1-6,8,10H,7,9,20H2,(H,23,24)(H2,21,25,26). The number of nitrogen functional groups attached to an aromatic ring is 1. The molecule has 0 saturated carbocycles. The molecular formula is C18H17FN4O3S. The number of aromatic nitrogens is 1. The third kappa shape index (κ3) is 4.04. The van der Waals surface area contributed by atoms with Gasteiger partial charge in [0.05, 0.1) is 4.90 Å². The topological polar surface area (TPSA) is 128 Å². The summed E-state index contributed by atoms with van der Waals surface area (Å²) < 4.78 is 36.4. The lowest BCUT2D eigenvalue weighted by molar-refractivity contribution is 0.0951. The zero-order chi connectivity index (χ0) is 19.6. The van der Waals surface area contributed by atoms with Crippen LogP contribution in [0.4, 0.5) is 10.1 Å². The van der Waals surface area contributed by atoms with E-state index in [-0.39, 0.29) is 33.6 Å². The van der Waals surface area contributed by atoms with Crippen LogP contribution in [0.5, 0.6) is 0 Å². The van der Waals surface area contributed by atoms with Crippen molar-refractivity contribution >= 4 is 32.4 Å². The summed E-state index contributed by atoms with van der Waals surface area (Å²) in [6.45, 7) is 0.279. The molecule has 2 aromatic carbocycles. The molecule has 0 atom stereocenters. The summed E-state index contributed by atoms with van der Waals surface area (Å²) in [5, 5.41) is 8.26. The summed E-state index contributed by atoms with van der Waals surface area (Å²) in [6, 6.07) is 10.1. The molecule has 0 bridgehead atoms. The summed E-state index contributed by atoms with van der Waals surface area (Å²) in [6.07, 6.45) is 1.82. The second kappa shape index (κ2) is 7.29. The molecule has 0 unspecified atom stereocenters. The first-order chi connectivity index (χ1) is 12.8. The average molecular weight is 388 g/mol. The molecule has 0 saturated heterocycles. The van der Waals surface area contributed by atoms with Gasteiger partial charge in [-0.15, -0.1) is 0 Å². The number of halogens is 1. The van der Waals surface area contributed by atoms with E-state index in [4.69, 9.17) is 10.9 Å². The minimum absolute atomic E-state index is 0.0211. The third-order valence-corrected chi connectivity index (χ3v) is 5.00. The van der Waals surface area contributed by atoms with Gasteiger partial charge in [-0.3, -0.25) is 9.78 Å². The largest absolute Gasteiger partial charge is 0.398 e. The van der Waals surface area contributed by atoms with E-state index in [9.17, 15) is 17.6 Å². The van der Waals surface area contributed by atoms with E-state index in [0.717, 1.165) is 5.56 Å². The molecule has 0 aliphatic carbocycles. The van der Waals surface area contributed by atoms with Gasteiger partial charge in [-0.25, -0.2) is 17.9 Å². The maximum atomic E-state index is 13.9. The fraction of sp³-hybridized carbons (Fsp3) is 0.111. The van der Waals surface area contributed by atoms with Crippen LogP contribution in [0.15, 0.2) is 53.6 Å². The van der Waals surface area contributed by atoms with E-state index in [1.807, 2.05) is 0 Å². The van der Waals surface area contributed by atoms with Crippen LogP contribution in [-0.2, 0) is 16.4 Å². The third-order valence-electron chi connectivity index (χ3n) is 4.07. The highest BCUT2D eigenvalue weighted by Gasteiger charge is 2.15. The summed E-state index contributed by atoms with van der Waals surface area (Å²) in [4.78, 5) is 16.5. The Hall–Kier alpha value is -3.04. The number of hydrogen-bond acceptors (Lipinski definition) is 5. The number of rotatable bonds is 5. The highest BCUT2D eigenvalue weighted by Crippen LogP contribution is 2.26. The van der Waals surface area contributed by atoms with Crippen molar-refractivity contribution < 1.29 is 17.6 Å². The van der Waals surface area contributed by atoms with Gasteiger partial charge in [0.25, 0.3) is 5.91 Å². The van der Waals surface area contributed by atoms with Crippen LogP contribution in [0.25, 0.3) is 10.8 Å². The molecule has 0 aliphatic heterocycles. The lowest BCUT2D eigenvalue weighted by Crippen LogP contribution is -2.27. The normalized spacial score (nSPS) is 11.5. The molecule has 1 aromatic heterocycles. The molecule has 0 radical (unpaired) electrons. The van der Waals surface area contributed by atoms with E-state index in [1.54, 1.807) is 12.1 Å². The number of sulfonamides is 1. The Kier molecular flexibility index (Phi) is 5.06. The second-order valence-corrected chi connectivity index (χ2v) is 7.48. The zero-order valence-electron chi connectivity index (χ0n) is 14.1. The Morgan fingerprint density at radius 2 is 1.81 bits per heavy atom. The van der Waals surface area contributed by atoms with Gasteiger partial charge in [0.2, 0.25) is 10.0 Å². The number of fused-ring (bicyclic) bond motifs is 1. The summed E-state index contributed by atoms with van der Waals surface area (Å²) in [7, 11) is -3.74. The van der Waals surface area contributed by atoms with Gasteiger partial charge in [0, 0.05) is 29.2 Å². The maximum absolute atomic E-state index is 13.9. The second-order valence-electron chi connectivity index (χ2n) is 5.91. The lowest BCUT2D eigenvalue weighted by Gasteiger charge is -2.10. The van der Waals surface area contributed by atoms with Crippen LogP contribution in [0, 0.1) is 5.82 Å². The van der Waals surface area contributed by atoms with E-state index < -0.39 is 21.7 Å². The summed E-state index contributed by atoms with van der Waals surface area (Å²) in [5.41, 5.74) is 7.02. The Morgan fingerprint density at radius 3 is 2.48 bits per heavy atom. The van der Waals surface area contributed by atoms with Gasteiger partial charge in [-0.05, 0) is 42.3 Å². The number of nitrogens with two attached hydrogens (primary N) is 2. The van der Waals surface area contributed by atoms with Crippen LogP contribution in [0.2, 0.25) is 0 Å². The fourth-order valence-corrected chi connectivity index (χ4v) is 3.23. The molecule has 0 fully saturated rings. The number of primary sulfonamides is 1. The number of carbonyl (C=O) groups excluding carboxylic acids is 1. The van der Waals surface area contributed by atoms with Crippen LogP contribution >= 0.6 is 0 Å². The monoisotopic (exact) mass is 388 g/mol. The number of pyridine rings is 1. The number of nitrogens with zero attached hydrogens (tertiary/aromatic N) is 1. The lowest BCUT2D eigenvalue weighted by atomic mass is 10.1. The maximum Gasteiger partial charge on any atom is 0.270 e. The van der Waals surface area contributed by atoms with E-state index >= 15 is 0 Å². The molecule has 1 heterocycles. The Bertz CT molecular complexity index is 1120. The minimum atomic E-state index is -3.74. The van der Waals surface area contributed by atoms with Crippen molar-refractivity contribution in [2.75, 3.05) is 12.3 Å². The van der Waals surface area contributed by atoms with Crippen molar-refractivity contribution in [1.29, 1.82) is 0 Å². The number of benzene rings is 2. The molecule has 3 rings (SSSR count). The summed E-state index contributed by atoms with van der Waals surface area (Å²) in [5.74, 6) is -0.954. The van der Waals surface area contributed by atoms with E-state index in [2.05, 4.69) is 10.3 Å². The number of anilines is 1. The van der Waals surface area contributed by atoms with Crippen molar-refractivity contribution in [3.8, 4) is 0 Å². The van der Waals surface area contributed by atoms with Gasteiger partial charge in [-0.2, -0.15) is 0 Å². The molecule has 140 valence electrons. The molecule has 1 amide bonds. The Balaban J connectivity index is 1.72. The molecule has 3 aromatic rings. The van der Waals surface area contributed by atoms with Gasteiger partial charge >= 0.3 is 0 Å². The minimum Gasteiger partial charge on any atom is -0.398 e. The van der Waals surface area contributed by atoms with Crippen LogP contribution in [-0.4, -0.2) is 25.9 Å². The van der Waals surface area contributed by atoms with Gasteiger partial charge in [0.1, 0.15) is 11.5 Å². The van der Waals surface area contributed by atoms with Crippen molar-refractivity contribution in [2.45, 2.75) is 11.3 Å². The number of amides is 1. The van der Waals surface area contributed by atoms with Gasteiger partial charge in [0.15, 0.2) is 0 Å². The van der Waals surface area contributed by atoms with Gasteiger partial charge in [-0.1, -0.05) is 12.1 Å². The quantitative estimate of drug-likeness (QED) is 0.572. The fourth-order valence-electron chi connectivity index (χ4n) is 2.71. The van der Waals surface area contributed by atoms with Crippen molar-refractivity contribution in [3.05, 3.63) is 65.7 Å². The van der Waals surface area contributed by atoms with Crippen LogP contribution < -0.4 is 16.2 Å². The molecule has 5 N–H and O–H groups in total. The van der Waals surface area contributed by atoms with Crippen molar-refractivity contribution in [3.63, 3.8) is 0 Å². The van der Waals surface area contributed by atoms with Crippen LogP contribution in [0.1, 0.15) is 16.1 Å². The molecule has 0 aliphatic rings. The Labute approximate surface area is 155 Å². The summed E-state index contributed by atoms with van der Waals surface area (Å²) >= 11 is 0. The molecule has 7 nitrogen and oxygen atoms in total. The zero-order valence-corrected chi connectivity index (χ0v) is 15.0. The number of carbonyl (C=O) groups is 1. The Morgan fingerprint density at radius 1 is 1.11 bits per heavy atom. The predicted molar refractivity (Wildman–Crippen MR) is 100.0 cm³/mol. The van der Waals surface area contributed by atoms with Crippen LogP contribution in [0.3, 0.4) is 0 Å². The van der Waals surface area contributed by atoms with Gasteiger partial charge < -0.3 is 11.1 Å². The van der Waals surface area contributed by atoms with E-state index in [0.29, 0.717) is 6.42 Å². The smallest absolute Gasteiger partial charge is 0.270 e. The first-order valence-corrected chi connectivity index (χ1v) is 9.54. The molecule has 27 heavy (non-hydrogen) atoms. The molecule has 9 heteroatoms. The first-order valence-electron chi connectivity index (χ1n) is 8.00. The SMILES string of the molecule is Nc1ccc(F)c2ccnc(C(=O)NCCc3ccc(S(N)(=O)=O)cc3)c12. The number of hydrogen-bond donors (Lipinski definition) is 3. The number of nitrogens with one attached hydrogen (secondary N) is 1. The predicted octanol–water partition coefficient (Wildman–Crippen LogP) is 1.58. The van der Waals surface area contributed by atoms with E-state index in [1.165, 1.54) is 36.5 Å². The first kappa shape index (κ1) is 18.7.